The van der Waals surface area contributed by atoms with Crippen LogP contribution in [-0.2, 0) is 31.3 Å². The van der Waals surface area contributed by atoms with Gasteiger partial charge in [-0.2, -0.15) is 13.5 Å². The molecular formula is C19H22ClN3O7S2. The molecule has 0 aliphatic carbocycles. The van der Waals surface area contributed by atoms with Crippen molar-refractivity contribution in [2.45, 2.75) is 38.1 Å². The molecule has 0 spiro atoms. The second-order valence-electron chi connectivity index (χ2n) is 6.94. The van der Waals surface area contributed by atoms with Gasteiger partial charge in [0.05, 0.1) is 33.3 Å². The van der Waals surface area contributed by atoms with Crippen LogP contribution in [0.2, 0.25) is 5.02 Å². The third-order valence-electron chi connectivity index (χ3n) is 4.78. The first kappa shape index (κ1) is 24.2. The normalized spacial score (nSPS) is 16.6. The molecule has 0 atom stereocenters. The zero-order valence-corrected chi connectivity index (χ0v) is 20.1. The Balaban J connectivity index is 2.15. The van der Waals surface area contributed by atoms with Gasteiger partial charge < -0.3 is 9.02 Å². The Hall–Kier alpha value is -2.44. The smallest absolute Gasteiger partial charge is 0.310 e. The summed E-state index contributed by atoms with van der Waals surface area (Å²) in [6, 6.07) is 2.57. The van der Waals surface area contributed by atoms with E-state index in [1.807, 2.05) is 0 Å². The number of benzene rings is 1. The molecule has 1 aliphatic rings. The number of fused-ring (bicyclic) bond motifs is 1. The van der Waals surface area contributed by atoms with Gasteiger partial charge in [-0.15, -0.1) is 0 Å². The van der Waals surface area contributed by atoms with Gasteiger partial charge in [0.25, 0.3) is 0 Å². The Labute approximate surface area is 191 Å². The maximum Gasteiger partial charge on any atom is 0.310 e. The number of aryl methyl sites for hydroxylation is 1. The van der Waals surface area contributed by atoms with E-state index in [-0.39, 0.29) is 57.0 Å². The molecule has 32 heavy (non-hydrogen) atoms. The lowest BCUT2D eigenvalue weighted by Crippen LogP contribution is -2.24. The summed E-state index contributed by atoms with van der Waals surface area (Å²) in [5.74, 6) is -1.29. The van der Waals surface area contributed by atoms with Crippen molar-refractivity contribution in [1.29, 1.82) is 0 Å². The predicted molar refractivity (Wildman–Crippen MR) is 118 cm³/mol. The summed E-state index contributed by atoms with van der Waals surface area (Å²) < 4.78 is 55.9. The number of rotatable bonds is 8. The predicted octanol–water partition coefficient (Wildman–Crippen LogP) is 2.43. The molecule has 1 aliphatic heterocycles. The molecule has 13 heteroatoms. The van der Waals surface area contributed by atoms with Crippen molar-refractivity contribution in [1.82, 2.24) is 9.78 Å². The van der Waals surface area contributed by atoms with Gasteiger partial charge in [-0.25, -0.2) is 13.1 Å². The molecule has 0 fully saturated rings. The molecule has 3 rings (SSSR count). The fraction of sp³-hybridized carbons (Fsp3) is 0.421. The number of hydrogen-bond donors (Lipinski definition) is 0. The van der Waals surface area contributed by atoms with Gasteiger partial charge in [0.1, 0.15) is 12.7 Å². The number of aromatic nitrogens is 2. The largest absolute Gasteiger partial charge is 0.399 e. The highest BCUT2D eigenvalue weighted by atomic mass is 35.5. The minimum Gasteiger partial charge on any atom is -0.399 e. The van der Waals surface area contributed by atoms with Gasteiger partial charge >= 0.3 is 10.1 Å². The first-order chi connectivity index (χ1) is 15.1. The SMILES string of the molecule is CCCS(=O)(=O)Oc1c(C(=O)c2ccc3c(c2Cl)/C(=N/OC)CCS3(=O)=O)cnn1CC. The van der Waals surface area contributed by atoms with Crippen LogP contribution in [0, 0.1) is 0 Å². The molecule has 1 aromatic heterocycles. The van der Waals surface area contributed by atoms with Gasteiger partial charge in [-0.05, 0) is 25.5 Å². The maximum atomic E-state index is 13.3. The summed E-state index contributed by atoms with van der Waals surface area (Å²) in [5.41, 5.74) is 0.231. The Kier molecular flexibility index (Phi) is 6.96. The number of carbonyl (C=O) groups excluding carboxylic acids is 1. The molecule has 10 nitrogen and oxygen atoms in total. The van der Waals surface area contributed by atoms with Crippen molar-refractivity contribution in [3.8, 4) is 5.88 Å². The molecule has 0 N–H and O–H groups in total. The van der Waals surface area contributed by atoms with Gasteiger partial charge in [0.15, 0.2) is 9.84 Å². The number of sulfone groups is 1. The van der Waals surface area contributed by atoms with Crippen molar-refractivity contribution < 1.29 is 30.7 Å². The monoisotopic (exact) mass is 503 g/mol. The number of halogens is 1. The molecule has 0 amide bonds. The summed E-state index contributed by atoms with van der Waals surface area (Å²) in [4.78, 5) is 18.1. The van der Waals surface area contributed by atoms with Crippen molar-refractivity contribution in [3.05, 3.63) is 40.0 Å². The van der Waals surface area contributed by atoms with Crippen LogP contribution < -0.4 is 4.18 Å². The molecule has 2 heterocycles. The fourth-order valence-electron chi connectivity index (χ4n) is 3.33. The molecule has 0 unspecified atom stereocenters. The zero-order valence-electron chi connectivity index (χ0n) is 17.7. The van der Waals surface area contributed by atoms with Crippen LogP contribution in [0.4, 0.5) is 0 Å². The molecular weight excluding hydrogens is 482 g/mol. The third-order valence-corrected chi connectivity index (χ3v) is 8.24. The molecule has 0 bridgehead atoms. The molecule has 0 saturated carbocycles. The minimum atomic E-state index is -3.94. The van der Waals surface area contributed by atoms with Gasteiger partial charge in [0, 0.05) is 24.1 Å². The average molecular weight is 504 g/mol. The van der Waals surface area contributed by atoms with E-state index in [2.05, 4.69) is 10.3 Å². The van der Waals surface area contributed by atoms with E-state index in [9.17, 15) is 21.6 Å². The fourth-order valence-corrected chi connectivity index (χ4v) is 6.23. The number of ketones is 1. The molecule has 1 aromatic carbocycles. The summed E-state index contributed by atoms with van der Waals surface area (Å²) in [5, 5.41) is 7.77. The van der Waals surface area contributed by atoms with E-state index in [1.165, 1.54) is 30.1 Å². The van der Waals surface area contributed by atoms with E-state index < -0.39 is 25.7 Å². The van der Waals surface area contributed by atoms with Gasteiger partial charge in [0.2, 0.25) is 11.7 Å². The van der Waals surface area contributed by atoms with Crippen molar-refractivity contribution >= 4 is 43.1 Å². The summed E-state index contributed by atoms with van der Waals surface area (Å²) in [6.45, 7) is 3.65. The van der Waals surface area contributed by atoms with Crippen LogP contribution in [-0.4, -0.2) is 56.7 Å². The first-order valence-corrected chi connectivity index (χ1v) is 13.3. The Morgan fingerprint density at radius 3 is 2.62 bits per heavy atom. The number of carbonyl (C=O) groups is 1. The Morgan fingerprint density at radius 1 is 1.28 bits per heavy atom. The summed E-state index contributed by atoms with van der Waals surface area (Å²) >= 11 is 6.50. The maximum absolute atomic E-state index is 13.3. The highest BCUT2D eigenvalue weighted by Crippen LogP contribution is 2.36. The van der Waals surface area contributed by atoms with E-state index >= 15 is 0 Å². The number of nitrogens with zero attached hydrogens (tertiary/aromatic N) is 3. The average Bonchev–Trinajstić information content (AvgIpc) is 3.11. The highest BCUT2D eigenvalue weighted by Gasteiger charge is 2.34. The van der Waals surface area contributed by atoms with Gasteiger partial charge in [-0.1, -0.05) is 23.7 Å². The van der Waals surface area contributed by atoms with E-state index in [4.69, 9.17) is 20.6 Å². The van der Waals surface area contributed by atoms with Crippen molar-refractivity contribution in [2.75, 3.05) is 18.6 Å². The van der Waals surface area contributed by atoms with Crippen LogP contribution in [0.5, 0.6) is 5.88 Å². The minimum absolute atomic E-state index is 0.0419. The Bertz CT molecular complexity index is 1300. The van der Waals surface area contributed by atoms with Crippen molar-refractivity contribution in [3.63, 3.8) is 0 Å². The lowest BCUT2D eigenvalue weighted by Gasteiger charge is -2.20. The topological polar surface area (TPSA) is 134 Å². The van der Waals surface area contributed by atoms with Crippen LogP contribution in [0.3, 0.4) is 0 Å². The summed E-state index contributed by atoms with van der Waals surface area (Å²) in [6.07, 6.45) is 1.59. The van der Waals surface area contributed by atoms with E-state index in [1.54, 1.807) is 13.8 Å². The number of hydrogen-bond acceptors (Lipinski definition) is 9. The van der Waals surface area contributed by atoms with E-state index in [0.717, 1.165) is 0 Å². The highest BCUT2D eigenvalue weighted by molar-refractivity contribution is 7.91. The molecule has 2 aromatic rings. The molecule has 0 saturated heterocycles. The second kappa shape index (κ2) is 9.20. The Morgan fingerprint density at radius 2 is 2.00 bits per heavy atom. The second-order valence-corrected chi connectivity index (χ2v) is 11.1. The van der Waals surface area contributed by atoms with Crippen LogP contribution >= 0.6 is 11.6 Å². The standard InChI is InChI=1S/C19H22ClN3O7S2/c1-4-9-32(27,28)30-19-13(11-21-23(19)5-2)18(24)12-6-7-15-16(17(12)20)14(22-29-3)8-10-31(15,25)26/h6-7,11H,4-5,8-10H2,1-3H3/b22-14+. The van der Waals surface area contributed by atoms with E-state index in [0.29, 0.717) is 12.1 Å². The van der Waals surface area contributed by atoms with Crippen LogP contribution in [0.1, 0.15) is 48.2 Å². The zero-order chi connectivity index (χ0) is 23.7. The number of oxime groups is 1. The third kappa shape index (κ3) is 4.52. The first-order valence-electron chi connectivity index (χ1n) is 9.74. The van der Waals surface area contributed by atoms with Crippen LogP contribution in [0.25, 0.3) is 0 Å². The molecule has 0 radical (unpaired) electrons. The summed E-state index contributed by atoms with van der Waals surface area (Å²) in [7, 11) is -6.24. The van der Waals surface area contributed by atoms with Crippen LogP contribution in [0.15, 0.2) is 28.4 Å². The van der Waals surface area contributed by atoms with Crippen molar-refractivity contribution in [2.24, 2.45) is 5.16 Å². The lowest BCUT2D eigenvalue weighted by molar-refractivity contribution is 0.103. The molecule has 174 valence electrons. The lowest BCUT2D eigenvalue weighted by atomic mass is 9.99. The quantitative estimate of drug-likeness (QED) is 0.304. The van der Waals surface area contributed by atoms with Gasteiger partial charge in [-0.3, -0.25) is 4.79 Å².